The van der Waals surface area contributed by atoms with Gasteiger partial charge < -0.3 is 14.5 Å². The van der Waals surface area contributed by atoms with Gasteiger partial charge in [-0.2, -0.15) is 5.10 Å². The molecular formula is C20H31N5O3. The minimum Gasteiger partial charge on any atom is -0.375 e. The predicted octanol–water partition coefficient (Wildman–Crippen LogP) is 0.862. The summed E-state index contributed by atoms with van der Waals surface area (Å²) in [4.78, 5) is 30.7. The van der Waals surface area contributed by atoms with Crippen LogP contribution in [0.25, 0.3) is 0 Å². The highest BCUT2D eigenvalue weighted by Crippen LogP contribution is 2.29. The number of carbonyl (C=O) groups excluding carboxylic acids is 2. The molecule has 2 aliphatic heterocycles. The van der Waals surface area contributed by atoms with Gasteiger partial charge in [0.1, 0.15) is 0 Å². The van der Waals surface area contributed by atoms with Gasteiger partial charge in [-0.3, -0.25) is 19.6 Å². The van der Waals surface area contributed by atoms with E-state index in [2.05, 4.69) is 15.1 Å². The topological polar surface area (TPSA) is 81.8 Å². The molecule has 0 unspecified atom stereocenters. The van der Waals surface area contributed by atoms with E-state index in [1.54, 1.807) is 6.20 Å². The first-order valence-corrected chi connectivity index (χ1v) is 10.5. The fraction of sp³-hybridized carbons (Fsp3) is 0.750. The second kappa shape index (κ2) is 9.05. The zero-order valence-electron chi connectivity index (χ0n) is 16.5. The first-order valence-electron chi connectivity index (χ1n) is 10.5. The highest BCUT2D eigenvalue weighted by Gasteiger charge is 2.30. The Morgan fingerprint density at radius 2 is 2.00 bits per heavy atom. The summed E-state index contributed by atoms with van der Waals surface area (Å²) in [7, 11) is 0. The highest BCUT2D eigenvalue weighted by molar-refractivity contribution is 5.79. The lowest BCUT2D eigenvalue weighted by molar-refractivity contribution is -0.132. The summed E-state index contributed by atoms with van der Waals surface area (Å²) in [6.45, 7) is 5.58. The highest BCUT2D eigenvalue weighted by atomic mass is 16.5. The molecule has 1 aromatic rings. The molecule has 8 nitrogen and oxygen atoms in total. The van der Waals surface area contributed by atoms with E-state index in [1.807, 2.05) is 16.0 Å². The molecule has 28 heavy (non-hydrogen) atoms. The first kappa shape index (κ1) is 19.4. The van der Waals surface area contributed by atoms with Crippen LogP contribution in [0, 0.1) is 5.92 Å². The van der Waals surface area contributed by atoms with Gasteiger partial charge >= 0.3 is 0 Å². The number of amides is 2. The van der Waals surface area contributed by atoms with Crippen LogP contribution in [0.2, 0.25) is 0 Å². The molecular weight excluding hydrogens is 358 g/mol. The van der Waals surface area contributed by atoms with Gasteiger partial charge in [0, 0.05) is 64.1 Å². The summed E-state index contributed by atoms with van der Waals surface area (Å²) in [5, 5.41) is 6.84. The van der Waals surface area contributed by atoms with Crippen LogP contribution in [0.3, 0.4) is 0 Å². The van der Waals surface area contributed by atoms with Crippen molar-refractivity contribution >= 4 is 11.8 Å². The summed E-state index contributed by atoms with van der Waals surface area (Å²) in [6.07, 6.45) is 8.70. The van der Waals surface area contributed by atoms with Gasteiger partial charge in [0.25, 0.3) is 0 Å². The number of rotatable bonds is 9. The van der Waals surface area contributed by atoms with Crippen molar-refractivity contribution in [2.24, 2.45) is 5.92 Å². The molecule has 1 atom stereocenters. The second-order valence-electron chi connectivity index (χ2n) is 8.35. The third kappa shape index (κ3) is 5.32. The van der Waals surface area contributed by atoms with Gasteiger partial charge in [-0.15, -0.1) is 0 Å². The number of hydrogen-bond acceptors (Lipinski definition) is 5. The molecule has 1 saturated carbocycles. The number of ether oxygens (including phenoxy) is 1. The number of likely N-dealkylation sites (tertiary alicyclic amines) is 1. The number of aromatic amines is 1. The van der Waals surface area contributed by atoms with Crippen LogP contribution >= 0.6 is 0 Å². The average molecular weight is 390 g/mol. The third-order valence-electron chi connectivity index (χ3n) is 5.85. The Labute approximate surface area is 166 Å². The molecule has 3 aliphatic rings. The molecule has 1 aliphatic carbocycles. The summed E-state index contributed by atoms with van der Waals surface area (Å²) < 4.78 is 6.19. The molecule has 154 valence electrons. The van der Waals surface area contributed by atoms with Crippen molar-refractivity contribution in [3.8, 4) is 0 Å². The van der Waals surface area contributed by atoms with Gasteiger partial charge in [-0.25, -0.2) is 0 Å². The largest absolute Gasteiger partial charge is 0.375 e. The van der Waals surface area contributed by atoms with E-state index in [0.717, 1.165) is 44.6 Å². The zero-order chi connectivity index (χ0) is 19.3. The molecule has 0 bridgehead atoms. The summed E-state index contributed by atoms with van der Waals surface area (Å²) in [5.41, 5.74) is 1.08. The SMILES string of the molecule is O=C1CCCN1CCCN1C[C@@H](OCC2CC2)CN(Cc2cn[nH]c2)CC1=O. The van der Waals surface area contributed by atoms with Crippen LogP contribution in [0.1, 0.15) is 37.7 Å². The first-order chi connectivity index (χ1) is 13.7. The quantitative estimate of drug-likeness (QED) is 0.678. The van der Waals surface area contributed by atoms with Gasteiger partial charge in [-0.05, 0) is 31.6 Å². The normalized spacial score (nSPS) is 24.2. The Hall–Kier alpha value is -1.93. The molecule has 2 saturated heterocycles. The average Bonchev–Trinajstić information content (AvgIpc) is 3.25. The summed E-state index contributed by atoms with van der Waals surface area (Å²) >= 11 is 0. The van der Waals surface area contributed by atoms with E-state index in [9.17, 15) is 9.59 Å². The van der Waals surface area contributed by atoms with Crippen molar-refractivity contribution in [1.82, 2.24) is 24.9 Å². The van der Waals surface area contributed by atoms with E-state index >= 15 is 0 Å². The maximum atomic E-state index is 12.9. The van der Waals surface area contributed by atoms with E-state index in [-0.39, 0.29) is 17.9 Å². The van der Waals surface area contributed by atoms with Crippen molar-refractivity contribution in [3.05, 3.63) is 18.0 Å². The van der Waals surface area contributed by atoms with E-state index in [4.69, 9.17) is 4.74 Å². The number of hydrogen-bond donors (Lipinski definition) is 1. The van der Waals surface area contributed by atoms with E-state index in [1.165, 1.54) is 12.8 Å². The Morgan fingerprint density at radius 3 is 2.71 bits per heavy atom. The lowest BCUT2D eigenvalue weighted by Gasteiger charge is -2.25. The minimum atomic E-state index is 0.0346. The lowest BCUT2D eigenvalue weighted by atomic mass is 10.2. The van der Waals surface area contributed by atoms with Gasteiger partial charge in [0.15, 0.2) is 0 Å². The van der Waals surface area contributed by atoms with Crippen molar-refractivity contribution in [3.63, 3.8) is 0 Å². The molecule has 3 fully saturated rings. The van der Waals surface area contributed by atoms with Crippen LogP contribution in [-0.4, -0.2) is 88.7 Å². The monoisotopic (exact) mass is 389 g/mol. The summed E-state index contributed by atoms with van der Waals surface area (Å²) in [6, 6.07) is 0. The Kier molecular flexibility index (Phi) is 6.26. The molecule has 4 rings (SSSR count). The third-order valence-corrected chi connectivity index (χ3v) is 5.85. The molecule has 0 spiro atoms. The summed E-state index contributed by atoms with van der Waals surface area (Å²) in [5.74, 6) is 1.10. The van der Waals surface area contributed by atoms with Crippen molar-refractivity contribution in [2.45, 2.75) is 44.8 Å². The number of nitrogens with zero attached hydrogens (tertiary/aromatic N) is 4. The minimum absolute atomic E-state index is 0.0346. The molecule has 3 heterocycles. The predicted molar refractivity (Wildman–Crippen MR) is 103 cm³/mol. The molecule has 1 N–H and O–H groups in total. The van der Waals surface area contributed by atoms with E-state index < -0.39 is 0 Å². The van der Waals surface area contributed by atoms with Crippen LogP contribution in [-0.2, 0) is 20.9 Å². The van der Waals surface area contributed by atoms with Crippen LogP contribution < -0.4 is 0 Å². The van der Waals surface area contributed by atoms with Crippen molar-refractivity contribution in [1.29, 1.82) is 0 Å². The van der Waals surface area contributed by atoms with E-state index in [0.29, 0.717) is 38.5 Å². The van der Waals surface area contributed by atoms with Crippen molar-refractivity contribution < 1.29 is 14.3 Å². The zero-order valence-corrected chi connectivity index (χ0v) is 16.5. The molecule has 0 aromatic carbocycles. The van der Waals surface area contributed by atoms with Crippen molar-refractivity contribution in [2.75, 3.05) is 45.9 Å². The van der Waals surface area contributed by atoms with Gasteiger partial charge in [0.2, 0.25) is 11.8 Å². The van der Waals surface area contributed by atoms with Gasteiger partial charge in [0.05, 0.1) is 18.8 Å². The maximum absolute atomic E-state index is 12.9. The maximum Gasteiger partial charge on any atom is 0.236 e. The van der Waals surface area contributed by atoms with Crippen LogP contribution in [0.15, 0.2) is 12.4 Å². The number of carbonyl (C=O) groups is 2. The number of H-pyrrole nitrogens is 1. The second-order valence-corrected chi connectivity index (χ2v) is 8.35. The number of nitrogens with one attached hydrogen (secondary N) is 1. The molecule has 0 radical (unpaired) electrons. The number of aromatic nitrogens is 2. The van der Waals surface area contributed by atoms with Crippen LogP contribution in [0.5, 0.6) is 0 Å². The fourth-order valence-corrected chi connectivity index (χ4v) is 4.06. The van der Waals surface area contributed by atoms with Gasteiger partial charge in [-0.1, -0.05) is 0 Å². The lowest BCUT2D eigenvalue weighted by Crippen LogP contribution is -2.40. The van der Waals surface area contributed by atoms with Crippen LogP contribution in [0.4, 0.5) is 0 Å². The Bertz CT molecular complexity index is 661. The molecule has 8 heteroatoms. The smallest absolute Gasteiger partial charge is 0.236 e. The standard InChI is InChI=1S/C20H31N5O3/c26-19-3-1-6-24(19)7-2-8-25-13-18(28-15-16-4-5-16)12-23(14-20(25)27)11-17-9-21-22-10-17/h9-10,16,18H,1-8,11-15H2,(H,21,22)/t18-/m0/s1. The fourth-order valence-electron chi connectivity index (χ4n) is 4.06. The molecule has 2 amide bonds. The Balaban J connectivity index is 1.33. The Morgan fingerprint density at radius 1 is 1.14 bits per heavy atom. The molecule has 1 aromatic heterocycles.